The summed E-state index contributed by atoms with van der Waals surface area (Å²) in [6.07, 6.45) is 0.525. The first-order chi connectivity index (χ1) is 16.8. The number of rotatable bonds is 8. The molecule has 0 aliphatic carbocycles. The fourth-order valence-corrected chi connectivity index (χ4v) is 5.05. The number of carbonyl (C=O) groups excluding carboxylic acids is 2. The summed E-state index contributed by atoms with van der Waals surface area (Å²) in [6.45, 7) is 6.98. The summed E-state index contributed by atoms with van der Waals surface area (Å²) in [4.78, 5) is 27.7. The first kappa shape index (κ1) is 27.6. The number of nitrogens with zero attached hydrogens (tertiary/aromatic N) is 2. The first-order valence-corrected chi connectivity index (χ1v) is 13.2. The van der Waals surface area contributed by atoms with E-state index in [9.17, 15) is 23.1 Å². The first-order valence-electron chi connectivity index (χ1n) is 11.7. The minimum Gasteiger partial charge on any atom is -0.507 e. The highest BCUT2D eigenvalue weighted by molar-refractivity contribution is 7.89. The smallest absolute Gasteiger partial charge is 0.295 e. The normalized spacial score (nSPS) is 18.3. The molecule has 9 heteroatoms. The number of hydrogen-bond acceptors (Lipinski definition) is 6. The third kappa shape index (κ3) is 5.38. The molecule has 1 heterocycles. The maximum atomic E-state index is 13.1. The van der Waals surface area contributed by atoms with Gasteiger partial charge in [-0.3, -0.25) is 9.59 Å². The van der Waals surface area contributed by atoms with Gasteiger partial charge in [-0.15, -0.1) is 0 Å². The van der Waals surface area contributed by atoms with Crippen LogP contribution in [0.2, 0.25) is 0 Å². The van der Waals surface area contributed by atoms with Crippen LogP contribution in [0.4, 0.5) is 0 Å². The van der Waals surface area contributed by atoms with E-state index in [-0.39, 0.29) is 33.8 Å². The van der Waals surface area contributed by atoms with Crippen molar-refractivity contribution in [3.63, 3.8) is 0 Å². The van der Waals surface area contributed by atoms with Crippen LogP contribution in [-0.2, 0) is 29.8 Å². The molecule has 1 atom stereocenters. The number of aliphatic hydroxyl groups is 1. The number of hydrogen-bond donors (Lipinski definition) is 1. The van der Waals surface area contributed by atoms with Gasteiger partial charge in [-0.25, -0.2) is 12.7 Å². The van der Waals surface area contributed by atoms with Crippen molar-refractivity contribution in [3.8, 4) is 0 Å². The van der Waals surface area contributed by atoms with Crippen LogP contribution in [0.25, 0.3) is 5.76 Å². The number of methoxy groups -OCH3 is 1. The number of ether oxygens (including phenoxy) is 1. The van der Waals surface area contributed by atoms with Crippen molar-refractivity contribution in [1.82, 2.24) is 9.21 Å². The molecule has 0 radical (unpaired) electrons. The van der Waals surface area contributed by atoms with Crippen molar-refractivity contribution in [2.45, 2.75) is 43.5 Å². The van der Waals surface area contributed by atoms with Gasteiger partial charge >= 0.3 is 0 Å². The Bertz CT molecular complexity index is 1260. The Balaban J connectivity index is 2.11. The SMILES string of the molecule is COCCCN1C(=O)C(=O)C(=C(O)c2ccc(S(=O)(=O)N(C)C)cc2)[C@H]1c1ccc(C(C)(C)C)cc1. The quantitative estimate of drug-likeness (QED) is 0.249. The summed E-state index contributed by atoms with van der Waals surface area (Å²) in [5.41, 5.74) is 1.95. The van der Waals surface area contributed by atoms with Gasteiger partial charge in [-0.1, -0.05) is 45.0 Å². The molecule has 0 saturated carbocycles. The zero-order chi connectivity index (χ0) is 26.8. The summed E-state index contributed by atoms with van der Waals surface area (Å²) in [5, 5.41) is 11.2. The number of carbonyl (C=O) groups is 2. The average Bonchev–Trinajstić information content (AvgIpc) is 3.08. The number of amides is 1. The Hall–Kier alpha value is -3.01. The van der Waals surface area contributed by atoms with Crippen molar-refractivity contribution in [1.29, 1.82) is 0 Å². The lowest BCUT2D eigenvalue weighted by atomic mass is 9.85. The summed E-state index contributed by atoms with van der Waals surface area (Å²) in [5.74, 6) is -1.81. The van der Waals surface area contributed by atoms with Gasteiger partial charge in [0.1, 0.15) is 5.76 Å². The molecular weight excluding hydrogens is 480 g/mol. The number of Topliss-reactive ketones (excluding diaryl/α,β-unsaturated/α-hetero) is 1. The highest BCUT2D eigenvalue weighted by Crippen LogP contribution is 2.40. The van der Waals surface area contributed by atoms with Crippen LogP contribution < -0.4 is 0 Å². The zero-order valence-corrected chi connectivity index (χ0v) is 22.4. The van der Waals surface area contributed by atoms with Crippen LogP contribution in [0.15, 0.2) is 59.0 Å². The Kier molecular flexibility index (Phi) is 8.07. The van der Waals surface area contributed by atoms with Crippen molar-refractivity contribution >= 4 is 27.5 Å². The largest absolute Gasteiger partial charge is 0.507 e. The highest BCUT2D eigenvalue weighted by Gasteiger charge is 2.45. The molecule has 1 aliphatic heterocycles. The lowest BCUT2D eigenvalue weighted by Gasteiger charge is -2.26. The average molecular weight is 515 g/mol. The van der Waals surface area contributed by atoms with Crippen molar-refractivity contribution in [2.24, 2.45) is 0 Å². The predicted octanol–water partition coefficient (Wildman–Crippen LogP) is 3.69. The zero-order valence-electron chi connectivity index (χ0n) is 21.6. The van der Waals surface area contributed by atoms with Gasteiger partial charge in [-0.2, -0.15) is 0 Å². The predicted molar refractivity (Wildman–Crippen MR) is 138 cm³/mol. The minimum absolute atomic E-state index is 0.0239. The summed E-state index contributed by atoms with van der Waals surface area (Å²) in [7, 11) is 0.771. The molecule has 1 N–H and O–H groups in total. The maximum Gasteiger partial charge on any atom is 0.295 e. The molecule has 2 aromatic rings. The number of sulfonamides is 1. The van der Waals surface area contributed by atoms with E-state index in [1.165, 1.54) is 43.3 Å². The van der Waals surface area contributed by atoms with Gasteiger partial charge in [0.25, 0.3) is 11.7 Å². The Labute approximate surface area is 213 Å². The van der Waals surface area contributed by atoms with Gasteiger partial charge < -0.3 is 14.7 Å². The number of benzene rings is 2. The van der Waals surface area contributed by atoms with E-state index in [1.807, 2.05) is 24.3 Å². The number of aliphatic hydroxyl groups excluding tert-OH is 1. The van der Waals surface area contributed by atoms with Gasteiger partial charge in [0.2, 0.25) is 10.0 Å². The lowest BCUT2D eigenvalue weighted by molar-refractivity contribution is -0.140. The minimum atomic E-state index is -3.66. The monoisotopic (exact) mass is 514 g/mol. The van der Waals surface area contributed by atoms with E-state index >= 15 is 0 Å². The van der Waals surface area contributed by atoms with Crippen LogP contribution in [0.5, 0.6) is 0 Å². The Morgan fingerprint density at radius 2 is 1.61 bits per heavy atom. The van der Waals surface area contributed by atoms with Crippen molar-refractivity contribution in [2.75, 3.05) is 34.4 Å². The molecule has 0 bridgehead atoms. The molecule has 1 saturated heterocycles. The van der Waals surface area contributed by atoms with E-state index in [0.717, 1.165) is 9.87 Å². The van der Waals surface area contributed by atoms with E-state index in [1.54, 1.807) is 7.11 Å². The van der Waals surface area contributed by atoms with Crippen LogP contribution in [-0.4, -0.2) is 68.8 Å². The van der Waals surface area contributed by atoms with Crippen LogP contribution in [0.1, 0.15) is 49.9 Å². The van der Waals surface area contributed by atoms with Gasteiger partial charge in [0.05, 0.1) is 16.5 Å². The fourth-order valence-electron chi connectivity index (χ4n) is 4.15. The van der Waals surface area contributed by atoms with E-state index in [2.05, 4.69) is 20.8 Å². The molecule has 1 amide bonds. The van der Waals surface area contributed by atoms with Crippen molar-refractivity contribution < 1.29 is 27.9 Å². The van der Waals surface area contributed by atoms with Gasteiger partial charge in [0.15, 0.2) is 0 Å². The van der Waals surface area contributed by atoms with Crippen LogP contribution in [0, 0.1) is 0 Å². The Morgan fingerprint density at radius 3 is 2.11 bits per heavy atom. The Morgan fingerprint density at radius 1 is 1.03 bits per heavy atom. The molecule has 8 nitrogen and oxygen atoms in total. The second-order valence-electron chi connectivity index (χ2n) is 10.0. The number of likely N-dealkylation sites (tertiary alicyclic amines) is 1. The van der Waals surface area contributed by atoms with Gasteiger partial charge in [-0.05, 0) is 47.2 Å². The molecule has 36 heavy (non-hydrogen) atoms. The molecule has 3 rings (SSSR count). The lowest BCUT2D eigenvalue weighted by Crippen LogP contribution is -2.31. The second-order valence-corrected chi connectivity index (χ2v) is 12.2. The standard InChI is InChI=1S/C27H34N2O6S/c1-27(2,3)20-12-8-18(9-13-20)23-22(25(31)26(32)29(23)16-7-17-35-6)24(30)19-10-14-21(15-11-19)36(33,34)28(4)5/h8-15,23,30H,7,16-17H2,1-6H3/t23-/m1/s1. The molecule has 0 unspecified atom stereocenters. The van der Waals surface area contributed by atoms with Crippen LogP contribution in [0.3, 0.4) is 0 Å². The molecule has 1 aliphatic rings. The van der Waals surface area contributed by atoms with E-state index < -0.39 is 27.8 Å². The summed E-state index contributed by atoms with van der Waals surface area (Å²) in [6, 6.07) is 12.5. The van der Waals surface area contributed by atoms with Crippen molar-refractivity contribution in [3.05, 3.63) is 70.8 Å². The fraction of sp³-hybridized carbons (Fsp3) is 0.407. The third-order valence-electron chi connectivity index (χ3n) is 6.29. The van der Waals surface area contributed by atoms with Crippen LogP contribution >= 0.6 is 0 Å². The molecule has 0 aromatic heterocycles. The maximum absolute atomic E-state index is 13.1. The highest BCUT2D eigenvalue weighted by atomic mass is 32.2. The van der Waals surface area contributed by atoms with E-state index in [0.29, 0.717) is 18.6 Å². The topological polar surface area (TPSA) is 104 Å². The molecule has 2 aromatic carbocycles. The van der Waals surface area contributed by atoms with Gasteiger partial charge in [0, 0.05) is 39.9 Å². The third-order valence-corrected chi connectivity index (χ3v) is 8.12. The molecule has 194 valence electrons. The second kappa shape index (κ2) is 10.5. The molecule has 1 fully saturated rings. The summed E-state index contributed by atoms with van der Waals surface area (Å²) < 4.78 is 31.0. The molecule has 0 spiro atoms. The number of ketones is 1. The summed E-state index contributed by atoms with van der Waals surface area (Å²) >= 11 is 0. The van der Waals surface area contributed by atoms with E-state index in [4.69, 9.17) is 4.74 Å². The molecular formula is C27H34N2O6S.